The Bertz CT molecular complexity index is 671. The Morgan fingerprint density at radius 1 is 1.00 bits per heavy atom. The van der Waals surface area contributed by atoms with Gasteiger partial charge in [0, 0.05) is 21.7 Å². The molecule has 114 valence electrons. The van der Waals surface area contributed by atoms with Crippen LogP contribution in [0.4, 0.5) is 4.79 Å². The standard InChI is InChI=1S/C17H16Br2N2O/c18-15-7-3-1-5-13(15)9-11-20-17(22)21-12-10-14-6-2-4-8-16(14)19/h1-9,11H,10,12H2,(H2,20,21,22)/b11-9+. The highest BCUT2D eigenvalue weighted by atomic mass is 79.9. The molecule has 0 saturated heterocycles. The van der Waals surface area contributed by atoms with Gasteiger partial charge in [0.25, 0.3) is 0 Å². The molecule has 0 bridgehead atoms. The summed E-state index contributed by atoms with van der Waals surface area (Å²) in [6.45, 7) is 0.581. The van der Waals surface area contributed by atoms with Crippen molar-refractivity contribution in [1.82, 2.24) is 10.6 Å². The van der Waals surface area contributed by atoms with E-state index in [2.05, 4.69) is 42.5 Å². The highest BCUT2D eigenvalue weighted by Gasteiger charge is 2.00. The maximum absolute atomic E-state index is 11.7. The second kappa shape index (κ2) is 8.76. The highest BCUT2D eigenvalue weighted by Crippen LogP contribution is 2.17. The molecule has 2 rings (SSSR count). The van der Waals surface area contributed by atoms with E-state index in [0.29, 0.717) is 6.54 Å². The zero-order valence-electron chi connectivity index (χ0n) is 11.9. The molecule has 22 heavy (non-hydrogen) atoms. The summed E-state index contributed by atoms with van der Waals surface area (Å²) in [6, 6.07) is 15.6. The van der Waals surface area contributed by atoms with Gasteiger partial charge >= 0.3 is 6.03 Å². The monoisotopic (exact) mass is 422 g/mol. The van der Waals surface area contributed by atoms with Gasteiger partial charge in [-0.05, 0) is 35.8 Å². The van der Waals surface area contributed by atoms with Crippen molar-refractivity contribution in [1.29, 1.82) is 0 Å². The third-order valence-electron chi connectivity index (χ3n) is 3.02. The topological polar surface area (TPSA) is 41.1 Å². The van der Waals surface area contributed by atoms with Crippen LogP contribution in [0.15, 0.2) is 63.7 Å². The Morgan fingerprint density at radius 2 is 1.68 bits per heavy atom. The van der Waals surface area contributed by atoms with Crippen molar-refractivity contribution >= 4 is 44.0 Å². The fraction of sp³-hybridized carbons (Fsp3) is 0.118. The van der Waals surface area contributed by atoms with Crippen LogP contribution in [0.25, 0.3) is 6.08 Å². The maximum Gasteiger partial charge on any atom is 0.318 e. The quantitative estimate of drug-likeness (QED) is 0.717. The van der Waals surface area contributed by atoms with E-state index in [-0.39, 0.29) is 6.03 Å². The van der Waals surface area contributed by atoms with Crippen LogP contribution in [0.2, 0.25) is 0 Å². The SMILES string of the molecule is O=C(N/C=C/c1ccccc1Br)NCCc1ccccc1Br. The van der Waals surface area contributed by atoms with Gasteiger partial charge < -0.3 is 10.6 Å². The summed E-state index contributed by atoms with van der Waals surface area (Å²) in [5, 5.41) is 5.52. The minimum absolute atomic E-state index is 0.213. The normalized spacial score (nSPS) is 10.6. The lowest BCUT2D eigenvalue weighted by Gasteiger charge is -2.06. The van der Waals surface area contributed by atoms with Gasteiger partial charge in [-0.15, -0.1) is 0 Å². The van der Waals surface area contributed by atoms with Crippen LogP contribution in [0, 0.1) is 0 Å². The zero-order chi connectivity index (χ0) is 15.8. The minimum Gasteiger partial charge on any atom is -0.338 e. The maximum atomic E-state index is 11.7. The molecule has 2 N–H and O–H groups in total. The number of halogens is 2. The molecule has 2 amide bonds. The first-order valence-corrected chi connectivity index (χ1v) is 8.44. The Morgan fingerprint density at radius 3 is 2.41 bits per heavy atom. The smallest absolute Gasteiger partial charge is 0.318 e. The van der Waals surface area contributed by atoms with E-state index in [4.69, 9.17) is 0 Å². The molecule has 0 aliphatic heterocycles. The lowest BCUT2D eigenvalue weighted by atomic mass is 10.1. The highest BCUT2D eigenvalue weighted by molar-refractivity contribution is 9.10. The van der Waals surface area contributed by atoms with Gasteiger partial charge in [-0.25, -0.2) is 4.79 Å². The average molecular weight is 424 g/mol. The van der Waals surface area contributed by atoms with E-state index >= 15 is 0 Å². The number of carbonyl (C=O) groups excluding carboxylic acids is 1. The fourth-order valence-electron chi connectivity index (χ4n) is 1.88. The molecule has 0 fully saturated rings. The van der Waals surface area contributed by atoms with Gasteiger partial charge in [0.15, 0.2) is 0 Å². The number of carbonyl (C=O) groups is 1. The molecule has 3 nitrogen and oxygen atoms in total. The number of rotatable bonds is 5. The summed E-state index contributed by atoms with van der Waals surface area (Å²) in [6.07, 6.45) is 4.26. The summed E-state index contributed by atoms with van der Waals surface area (Å²) in [5.41, 5.74) is 2.18. The van der Waals surface area contributed by atoms with Crippen LogP contribution in [0.1, 0.15) is 11.1 Å². The predicted octanol–water partition coefficient (Wildman–Crippen LogP) is 4.72. The molecule has 0 aliphatic rings. The van der Waals surface area contributed by atoms with Gasteiger partial charge in [-0.3, -0.25) is 0 Å². The molecule has 2 aromatic rings. The average Bonchev–Trinajstić information content (AvgIpc) is 2.51. The molecule has 0 radical (unpaired) electrons. The van der Waals surface area contributed by atoms with Gasteiger partial charge in [0.05, 0.1) is 0 Å². The molecular formula is C17H16Br2N2O. The Hall–Kier alpha value is -1.59. The Balaban J connectivity index is 1.75. The molecule has 0 heterocycles. The van der Waals surface area contributed by atoms with Gasteiger partial charge in [0.1, 0.15) is 0 Å². The van der Waals surface area contributed by atoms with Crippen molar-refractivity contribution < 1.29 is 4.79 Å². The van der Waals surface area contributed by atoms with Crippen LogP contribution in [-0.4, -0.2) is 12.6 Å². The van der Waals surface area contributed by atoms with E-state index in [9.17, 15) is 4.79 Å². The molecule has 0 spiro atoms. The van der Waals surface area contributed by atoms with E-state index < -0.39 is 0 Å². The summed E-state index contributed by atoms with van der Waals surface area (Å²) in [4.78, 5) is 11.7. The molecule has 0 saturated carbocycles. The summed E-state index contributed by atoms with van der Waals surface area (Å²) >= 11 is 6.95. The molecule has 0 unspecified atom stereocenters. The van der Waals surface area contributed by atoms with Crippen LogP contribution in [0.3, 0.4) is 0 Å². The third kappa shape index (κ3) is 5.31. The number of urea groups is 1. The van der Waals surface area contributed by atoms with Crippen molar-refractivity contribution in [2.24, 2.45) is 0 Å². The van der Waals surface area contributed by atoms with Gasteiger partial charge in [0.2, 0.25) is 0 Å². The first kappa shape index (κ1) is 16.8. The van der Waals surface area contributed by atoms with Crippen molar-refractivity contribution in [2.75, 3.05) is 6.54 Å². The second-order valence-electron chi connectivity index (χ2n) is 4.60. The third-order valence-corrected chi connectivity index (χ3v) is 4.52. The lowest BCUT2D eigenvalue weighted by Crippen LogP contribution is -2.33. The van der Waals surface area contributed by atoms with E-state index in [1.165, 1.54) is 5.56 Å². The van der Waals surface area contributed by atoms with Gasteiger partial charge in [-0.2, -0.15) is 0 Å². The van der Waals surface area contributed by atoms with Crippen molar-refractivity contribution in [3.8, 4) is 0 Å². The lowest BCUT2D eigenvalue weighted by molar-refractivity contribution is 0.244. The molecule has 0 aliphatic carbocycles. The van der Waals surface area contributed by atoms with Crippen molar-refractivity contribution in [2.45, 2.75) is 6.42 Å². The molecule has 0 atom stereocenters. The van der Waals surface area contributed by atoms with Crippen molar-refractivity contribution in [3.63, 3.8) is 0 Å². The molecule has 5 heteroatoms. The van der Waals surface area contributed by atoms with E-state index in [1.54, 1.807) is 6.20 Å². The predicted molar refractivity (Wildman–Crippen MR) is 97.6 cm³/mol. The first-order valence-electron chi connectivity index (χ1n) is 6.85. The number of nitrogens with one attached hydrogen (secondary N) is 2. The Labute approximate surface area is 147 Å². The zero-order valence-corrected chi connectivity index (χ0v) is 15.0. The number of hydrogen-bond donors (Lipinski definition) is 2. The van der Waals surface area contributed by atoms with Crippen molar-refractivity contribution in [3.05, 3.63) is 74.8 Å². The van der Waals surface area contributed by atoms with Crippen LogP contribution in [-0.2, 0) is 6.42 Å². The van der Waals surface area contributed by atoms with E-state index in [0.717, 1.165) is 20.9 Å². The molecular weight excluding hydrogens is 408 g/mol. The summed E-state index contributed by atoms with van der Waals surface area (Å²) in [5.74, 6) is 0. The molecule has 2 aromatic carbocycles. The number of benzene rings is 2. The minimum atomic E-state index is -0.213. The fourth-order valence-corrected chi connectivity index (χ4v) is 2.78. The van der Waals surface area contributed by atoms with Crippen LogP contribution >= 0.6 is 31.9 Å². The second-order valence-corrected chi connectivity index (χ2v) is 6.31. The number of amides is 2. The first-order chi connectivity index (χ1) is 10.7. The molecule has 0 aromatic heterocycles. The van der Waals surface area contributed by atoms with Crippen LogP contribution < -0.4 is 10.6 Å². The van der Waals surface area contributed by atoms with Gasteiger partial charge in [-0.1, -0.05) is 68.3 Å². The summed E-state index contributed by atoms with van der Waals surface area (Å²) in [7, 11) is 0. The largest absolute Gasteiger partial charge is 0.338 e. The summed E-state index contributed by atoms with van der Waals surface area (Å²) < 4.78 is 2.05. The number of hydrogen-bond acceptors (Lipinski definition) is 1. The van der Waals surface area contributed by atoms with E-state index in [1.807, 2.05) is 54.6 Å². The Kier molecular flexibility index (Phi) is 6.68. The van der Waals surface area contributed by atoms with Crippen LogP contribution in [0.5, 0.6) is 0 Å².